The first-order chi connectivity index (χ1) is 31.0. The molecular formula is C51H88O12S. The van der Waals surface area contributed by atoms with Crippen molar-refractivity contribution in [3.05, 3.63) is 60.8 Å². The van der Waals surface area contributed by atoms with E-state index in [1.54, 1.807) is 0 Å². The maximum Gasteiger partial charge on any atom is 0.306 e. The predicted octanol–water partition coefficient (Wildman–Crippen LogP) is 10.9. The summed E-state index contributed by atoms with van der Waals surface area (Å²) in [6, 6.07) is 0. The molecule has 2 unspecified atom stereocenters. The molecule has 0 aromatic heterocycles. The summed E-state index contributed by atoms with van der Waals surface area (Å²) in [5.41, 5.74) is 0. The molecule has 4 N–H and O–H groups in total. The Morgan fingerprint density at radius 1 is 0.547 bits per heavy atom. The van der Waals surface area contributed by atoms with E-state index in [0.717, 1.165) is 51.4 Å². The van der Waals surface area contributed by atoms with Gasteiger partial charge in [-0.1, -0.05) is 190 Å². The van der Waals surface area contributed by atoms with Crippen LogP contribution in [0.4, 0.5) is 0 Å². The largest absolute Gasteiger partial charge is 0.462 e. The van der Waals surface area contributed by atoms with Gasteiger partial charge in [-0.2, -0.15) is 8.42 Å². The number of esters is 2. The number of hydrogen-bond acceptors (Lipinski definition) is 11. The van der Waals surface area contributed by atoms with Gasteiger partial charge in [0.1, 0.15) is 36.8 Å². The third-order valence-corrected chi connectivity index (χ3v) is 11.9. The summed E-state index contributed by atoms with van der Waals surface area (Å²) >= 11 is 0. The number of aliphatic hydroxyl groups excluding tert-OH is 3. The van der Waals surface area contributed by atoms with Crippen LogP contribution in [0.2, 0.25) is 0 Å². The summed E-state index contributed by atoms with van der Waals surface area (Å²) < 4.78 is 54.1. The van der Waals surface area contributed by atoms with Gasteiger partial charge in [0.2, 0.25) is 0 Å². The maximum absolute atomic E-state index is 12.9. The standard InChI is InChI=1S/C51H88O12S/c1-3-5-7-9-11-13-15-17-19-21-22-24-26-28-30-32-34-36-38-40-47(53)62-44(42-61-51-50(56)49(55)48(54)45(63-51)43-64(57,58)59)41-60-46(52)39-37-35-33-31-29-27-25-23-20-18-16-14-12-10-8-6-4-2/h6,8,12,14,18,20,25,27,31,33,44-45,48-51,54-56H,3-5,7,9-11,13,15-17,19,21-24,26,28-30,32,34-43H2,1-2H3,(H,57,58,59)/b8-6+,14-12+,20-18+,27-25+,33-31+/t44-,45-,48-,49?,50?,51+/m1/s1. The van der Waals surface area contributed by atoms with E-state index in [0.29, 0.717) is 19.3 Å². The van der Waals surface area contributed by atoms with Gasteiger partial charge in [0.25, 0.3) is 10.1 Å². The Hall–Kier alpha value is -2.65. The highest BCUT2D eigenvalue weighted by Gasteiger charge is 2.46. The first-order valence-corrected chi connectivity index (χ1v) is 26.5. The van der Waals surface area contributed by atoms with Crippen LogP contribution in [0.3, 0.4) is 0 Å². The molecule has 13 heteroatoms. The molecule has 0 aliphatic carbocycles. The second-order valence-electron chi connectivity index (χ2n) is 17.1. The van der Waals surface area contributed by atoms with Crippen LogP contribution in [0.1, 0.15) is 194 Å². The fourth-order valence-corrected chi connectivity index (χ4v) is 7.99. The molecule has 12 nitrogen and oxygen atoms in total. The van der Waals surface area contributed by atoms with Crippen LogP contribution in [0.5, 0.6) is 0 Å². The highest BCUT2D eigenvalue weighted by atomic mass is 32.2. The van der Waals surface area contributed by atoms with Crippen LogP contribution in [0.15, 0.2) is 60.8 Å². The average molecular weight is 925 g/mol. The molecule has 1 saturated heterocycles. The van der Waals surface area contributed by atoms with Crippen LogP contribution >= 0.6 is 0 Å². The van der Waals surface area contributed by atoms with Crippen molar-refractivity contribution in [2.45, 2.75) is 230 Å². The number of aliphatic hydroxyl groups is 3. The Kier molecular flexibility index (Phi) is 37.7. The molecule has 0 saturated carbocycles. The highest BCUT2D eigenvalue weighted by Crippen LogP contribution is 2.24. The zero-order chi connectivity index (χ0) is 46.9. The van der Waals surface area contributed by atoms with Crippen molar-refractivity contribution in [3.63, 3.8) is 0 Å². The minimum absolute atomic E-state index is 0.140. The van der Waals surface area contributed by atoms with E-state index >= 15 is 0 Å². The zero-order valence-electron chi connectivity index (χ0n) is 39.6. The van der Waals surface area contributed by atoms with Crippen molar-refractivity contribution in [1.82, 2.24) is 0 Å². The van der Waals surface area contributed by atoms with E-state index in [1.807, 2.05) is 12.2 Å². The summed E-state index contributed by atoms with van der Waals surface area (Å²) in [7, 11) is -4.61. The van der Waals surface area contributed by atoms with Crippen molar-refractivity contribution >= 4 is 22.1 Å². The fourth-order valence-electron chi connectivity index (χ4n) is 7.30. The maximum atomic E-state index is 12.9. The number of rotatable bonds is 41. The van der Waals surface area contributed by atoms with E-state index in [4.69, 9.17) is 18.9 Å². The van der Waals surface area contributed by atoms with E-state index in [-0.39, 0.29) is 19.4 Å². The van der Waals surface area contributed by atoms with Gasteiger partial charge in [0.15, 0.2) is 12.4 Å². The molecule has 1 fully saturated rings. The predicted molar refractivity (Wildman–Crippen MR) is 256 cm³/mol. The van der Waals surface area contributed by atoms with Gasteiger partial charge in [-0.3, -0.25) is 14.1 Å². The summed E-state index contributed by atoms with van der Waals surface area (Å²) in [5.74, 6) is -2.06. The first-order valence-electron chi connectivity index (χ1n) is 24.8. The number of unbranched alkanes of at least 4 members (excludes halogenated alkanes) is 19. The van der Waals surface area contributed by atoms with Crippen molar-refractivity contribution in [2.75, 3.05) is 19.0 Å². The van der Waals surface area contributed by atoms with E-state index in [1.165, 1.54) is 96.3 Å². The zero-order valence-corrected chi connectivity index (χ0v) is 40.4. The van der Waals surface area contributed by atoms with Gasteiger partial charge < -0.3 is 34.3 Å². The summed E-state index contributed by atoms with van der Waals surface area (Å²) in [6.07, 6.45) is 41.3. The topological polar surface area (TPSA) is 186 Å². The van der Waals surface area contributed by atoms with Gasteiger partial charge in [-0.05, 0) is 51.4 Å². The Bertz CT molecular complexity index is 1410. The molecule has 0 aromatic carbocycles. The monoisotopic (exact) mass is 925 g/mol. The smallest absolute Gasteiger partial charge is 0.306 e. The average Bonchev–Trinajstić information content (AvgIpc) is 3.26. The van der Waals surface area contributed by atoms with Gasteiger partial charge in [0.05, 0.1) is 6.61 Å². The van der Waals surface area contributed by atoms with E-state index < -0.39 is 71.2 Å². The molecule has 1 aliphatic heterocycles. The third-order valence-electron chi connectivity index (χ3n) is 11.1. The van der Waals surface area contributed by atoms with Crippen LogP contribution in [-0.2, 0) is 38.7 Å². The second kappa shape index (κ2) is 40.6. The van der Waals surface area contributed by atoms with Crippen LogP contribution < -0.4 is 0 Å². The molecule has 0 radical (unpaired) electrons. The molecule has 1 aliphatic rings. The number of carbonyl (C=O) groups excluding carboxylic acids is 2. The van der Waals surface area contributed by atoms with E-state index in [9.17, 15) is 37.9 Å². The Morgan fingerprint density at radius 3 is 1.45 bits per heavy atom. The fraction of sp³-hybridized carbons (Fsp3) is 0.765. The molecule has 0 bridgehead atoms. The minimum atomic E-state index is -4.61. The lowest BCUT2D eigenvalue weighted by Gasteiger charge is -2.40. The molecule has 6 atom stereocenters. The van der Waals surface area contributed by atoms with E-state index in [2.05, 4.69) is 62.5 Å². The summed E-state index contributed by atoms with van der Waals surface area (Å²) in [5, 5.41) is 30.9. The second-order valence-corrected chi connectivity index (χ2v) is 18.6. The Labute approximate surface area is 387 Å². The van der Waals surface area contributed by atoms with Gasteiger partial charge >= 0.3 is 11.9 Å². The molecule has 1 heterocycles. The summed E-state index contributed by atoms with van der Waals surface area (Å²) in [4.78, 5) is 25.5. The number of carbonyl (C=O) groups is 2. The lowest BCUT2D eigenvalue weighted by molar-refractivity contribution is -0.297. The minimum Gasteiger partial charge on any atom is -0.462 e. The molecule has 0 spiro atoms. The molecule has 370 valence electrons. The molecule has 0 aromatic rings. The molecule has 1 rings (SSSR count). The van der Waals surface area contributed by atoms with Gasteiger partial charge in [-0.25, -0.2) is 0 Å². The van der Waals surface area contributed by atoms with Gasteiger partial charge in [0, 0.05) is 12.8 Å². The van der Waals surface area contributed by atoms with Crippen molar-refractivity contribution < 1.29 is 56.8 Å². The number of allylic oxidation sites excluding steroid dienone is 10. The molecular weight excluding hydrogens is 837 g/mol. The SMILES string of the molecule is CC/C=C/C/C=C/C/C=C/C/C=C/C/C=C/CCCC(=O)OC[C@H](CO[C@H]1O[C@H](CS(=O)(=O)O)[C@@H](O)C(O)C1O)OC(=O)CCCCCCCCCCCCCCCCCCCCC. The Morgan fingerprint density at radius 2 is 0.984 bits per heavy atom. The lowest BCUT2D eigenvalue weighted by atomic mass is 10.00. The Balaban J connectivity index is 2.43. The van der Waals surface area contributed by atoms with Gasteiger partial charge in [-0.15, -0.1) is 0 Å². The normalized spacial score (nSPS) is 20.1. The number of ether oxygens (including phenoxy) is 4. The highest BCUT2D eigenvalue weighted by molar-refractivity contribution is 7.85. The van der Waals surface area contributed by atoms with Crippen LogP contribution in [0.25, 0.3) is 0 Å². The summed E-state index contributed by atoms with van der Waals surface area (Å²) in [6.45, 7) is 3.62. The van der Waals surface area contributed by atoms with Crippen molar-refractivity contribution in [2.24, 2.45) is 0 Å². The molecule has 64 heavy (non-hydrogen) atoms. The third kappa shape index (κ3) is 34.7. The lowest BCUT2D eigenvalue weighted by Crippen LogP contribution is -2.60. The molecule has 0 amide bonds. The van der Waals surface area contributed by atoms with Crippen molar-refractivity contribution in [3.8, 4) is 0 Å². The van der Waals surface area contributed by atoms with Crippen molar-refractivity contribution in [1.29, 1.82) is 0 Å². The van der Waals surface area contributed by atoms with Crippen LogP contribution in [0, 0.1) is 0 Å². The quantitative estimate of drug-likeness (QED) is 0.0197. The van der Waals surface area contributed by atoms with Crippen LogP contribution in [-0.4, -0.2) is 96.0 Å². The number of hydrogen-bond donors (Lipinski definition) is 4. The first kappa shape index (κ1) is 59.4.